The van der Waals surface area contributed by atoms with Gasteiger partial charge in [0, 0.05) is 20.3 Å². The molecule has 2 heterocycles. The number of carbonyl (C=O) groups is 3. The molecule has 1 aromatic carbocycles. The van der Waals surface area contributed by atoms with E-state index in [9.17, 15) is 27.6 Å². The number of aromatic nitrogens is 1. The maximum absolute atomic E-state index is 14.0. The van der Waals surface area contributed by atoms with Crippen LogP contribution in [0.5, 0.6) is 0 Å². The molecule has 11 heteroatoms. The first kappa shape index (κ1) is 26.1. The molecular weight excluding hydrogens is 493 g/mol. The summed E-state index contributed by atoms with van der Waals surface area (Å²) in [6.07, 6.45) is -2.27. The first-order chi connectivity index (χ1) is 16.9. The summed E-state index contributed by atoms with van der Waals surface area (Å²) < 4.78 is 40.1. The molecule has 2 aromatic rings. The van der Waals surface area contributed by atoms with Gasteiger partial charge in [-0.15, -0.1) is 11.3 Å². The highest BCUT2D eigenvalue weighted by Gasteiger charge is 2.50. The number of fused-ring (bicyclic) bond motifs is 1. The van der Waals surface area contributed by atoms with Crippen molar-refractivity contribution in [1.29, 1.82) is 0 Å². The molecule has 2 unspecified atom stereocenters. The highest BCUT2D eigenvalue weighted by atomic mass is 32.1. The normalized spacial score (nSPS) is 21.5. The summed E-state index contributed by atoms with van der Waals surface area (Å²) in [7, 11) is 2.94. The fraction of sp³-hybridized carbons (Fsp3) is 0.520. The van der Waals surface area contributed by atoms with Crippen LogP contribution in [0, 0.1) is 11.8 Å². The Morgan fingerprint density at radius 3 is 2.31 bits per heavy atom. The predicted octanol–water partition coefficient (Wildman–Crippen LogP) is 3.45. The van der Waals surface area contributed by atoms with Gasteiger partial charge in [-0.2, -0.15) is 13.2 Å². The first-order valence-electron chi connectivity index (χ1n) is 11.8. The Morgan fingerprint density at radius 2 is 1.81 bits per heavy atom. The summed E-state index contributed by atoms with van der Waals surface area (Å²) in [6, 6.07) is 4.53. The van der Waals surface area contributed by atoms with Crippen LogP contribution < -0.4 is 5.32 Å². The summed E-state index contributed by atoms with van der Waals surface area (Å²) in [5.74, 6) is -1.67. The van der Waals surface area contributed by atoms with Crippen LogP contribution >= 0.6 is 11.3 Å². The Balaban J connectivity index is 1.76. The monoisotopic (exact) mass is 522 g/mol. The van der Waals surface area contributed by atoms with E-state index in [0.717, 1.165) is 17.3 Å². The van der Waals surface area contributed by atoms with Crippen molar-refractivity contribution in [3.05, 3.63) is 51.5 Å². The van der Waals surface area contributed by atoms with Crippen LogP contribution in [0.2, 0.25) is 0 Å². The quantitative estimate of drug-likeness (QED) is 0.630. The molecule has 1 aliphatic heterocycles. The molecule has 194 valence electrons. The third-order valence-corrected chi connectivity index (χ3v) is 7.79. The maximum atomic E-state index is 14.0. The minimum Gasteiger partial charge on any atom is -0.347 e. The van der Waals surface area contributed by atoms with E-state index in [-0.39, 0.29) is 23.1 Å². The molecule has 7 nitrogen and oxygen atoms in total. The Morgan fingerprint density at radius 1 is 1.19 bits per heavy atom. The predicted molar refractivity (Wildman–Crippen MR) is 128 cm³/mol. The van der Waals surface area contributed by atoms with E-state index in [1.54, 1.807) is 0 Å². The van der Waals surface area contributed by atoms with Crippen LogP contribution in [0.25, 0.3) is 0 Å². The van der Waals surface area contributed by atoms with Crippen molar-refractivity contribution in [2.45, 2.75) is 57.4 Å². The van der Waals surface area contributed by atoms with Gasteiger partial charge in [-0.05, 0) is 42.2 Å². The van der Waals surface area contributed by atoms with Crippen molar-refractivity contribution in [2.75, 3.05) is 14.1 Å². The summed E-state index contributed by atoms with van der Waals surface area (Å²) >= 11 is 0.326. The second kappa shape index (κ2) is 9.84. The van der Waals surface area contributed by atoms with E-state index in [0.29, 0.717) is 24.2 Å². The molecule has 1 aliphatic carbocycles. The number of amides is 3. The van der Waals surface area contributed by atoms with Crippen molar-refractivity contribution in [3.8, 4) is 0 Å². The van der Waals surface area contributed by atoms with Crippen LogP contribution in [0.15, 0.2) is 30.5 Å². The van der Waals surface area contributed by atoms with Crippen LogP contribution in [0.1, 0.15) is 47.3 Å². The number of hydrogen-bond acceptors (Lipinski definition) is 5. The number of alkyl halides is 3. The molecule has 0 saturated carbocycles. The number of nitrogens with zero attached hydrogens (tertiary/aromatic N) is 3. The number of piperazine rings is 1. The van der Waals surface area contributed by atoms with Crippen molar-refractivity contribution in [1.82, 2.24) is 20.1 Å². The second-order valence-electron chi connectivity index (χ2n) is 10.0. The lowest BCUT2D eigenvalue weighted by Gasteiger charge is -2.44. The van der Waals surface area contributed by atoms with Crippen molar-refractivity contribution in [2.24, 2.45) is 11.8 Å². The van der Waals surface area contributed by atoms with Crippen LogP contribution in [0.4, 0.5) is 13.2 Å². The van der Waals surface area contributed by atoms with Gasteiger partial charge in [0.1, 0.15) is 18.1 Å². The van der Waals surface area contributed by atoms with Crippen molar-refractivity contribution >= 4 is 29.1 Å². The van der Waals surface area contributed by atoms with E-state index < -0.39 is 47.0 Å². The Labute approximate surface area is 211 Å². The molecule has 1 fully saturated rings. The molecule has 36 heavy (non-hydrogen) atoms. The second-order valence-corrected chi connectivity index (χ2v) is 11.1. The fourth-order valence-corrected chi connectivity index (χ4v) is 5.92. The molecule has 4 rings (SSSR count). The number of likely N-dealkylation sites (N-methyl/N-ethyl adjacent to an activating group) is 1. The van der Waals surface area contributed by atoms with Gasteiger partial charge in [-0.25, -0.2) is 4.98 Å². The summed E-state index contributed by atoms with van der Waals surface area (Å²) in [6.45, 7) is 3.76. The maximum Gasteiger partial charge on any atom is 0.443 e. The zero-order valence-corrected chi connectivity index (χ0v) is 21.3. The molecule has 0 radical (unpaired) electrons. The average molecular weight is 523 g/mol. The van der Waals surface area contributed by atoms with Crippen LogP contribution in [-0.4, -0.2) is 58.7 Å². The zero-order chi connectivity index (χ0) is 26.4. The topological polar surface area (TPSA) is 82.6 Å². The lowest BCUT2D eigenvalue weighted by atomic mass is 9.88. The van der Waals surface area contributed by atoms with Gasteiger partial charge in [0.2, 0.25) is 17.7 Å². The number of hydrogen-bond donors (Lipinski definition) is 1. The molecular formula is C25H29F3N4O3S. The molecule has 0 bridgehead atoms. The Kier molecular flexibility index (Phi) is 7.14. The van der Waals surface area contributed by atoms with E-state index in [1.807, 2.05) is 38.1 Å². The van der Waals surface area contributed by atoms with Crippen molar-refractivity contribution < 1.29 is 27.6 Å². The lowest BCUT2D eigenvalue weighted by Crippen LogP contribution is -2.67. The van der Waals surface area contributed by atoms with Gasteiger partial charge in [0.15, 0.2) is 5.01 Å². The summed E-state index contributed by atoms with van der Waals surface area (Å²) in [5.41, 5.74) is 2.19. The van der Waals surface area contributed by atoms with Crippen molar-refractivity contribution in [3.63, 3.8) is 0 Å². The molecule has 0 spiro atoms. The number of nitrogens with one attached hydrogen (secondary N) is 1. The number of benzene rings is 1. The summed E-state index contributed by atoms with van der Waals surface area (Å²) in [5, 5.41) is 1.78. The van der Waals surface area contributed by atoms with Crippen LogP contribution in [-0.2, 0) is 33.4 Å². The lowest BCUT2D eigenvalue weighted by molar-refractivity contribution is -0.159. The largest absolute Gasteiger partial charge is 0.443 e. The van der Waals surface area contributed by atoms with E-state index in [1.165, 1.54) is 23.9 Å². The molecule has 1 N–H and O–H groups in total. The zero-order valence-electron chi connectivity index (χ0n) is 20.5. The smallest absolute Gasteiger partial charge is 0.347 e. The SMILES string of the molecule is CC(C)C[C@@H]1C(=O)NC(C2Cc3ccccc3C2)C(=O)N1C(C(=O)N(C)C)c1cnc(C(F)(F)F)s1. The van der Waals surface area contributed by atoms with Gasteiger partial charge in [0.25, 0.3) is 0 Å². The molecule has 2 aliphatic rings. The van der Waals surface area contributed by atoms with E-state index in [4.69, 9.17) is 0 Å². The van der Waals surface area contributed by atoms with Gasteiger partial charge in [-0.3, -0.25) is 14.4 Å². The number of carbonyl (C=O) groups excluding carboxylic acids is 3. The minimum absolute atomic E-state index is 0.00867. The third kappa shape index (κ3) is 4.98. The summed E-state index contributed by atoms with van der Waals surface area (Å²) in [4.78, 5) is 46.7. The highest BCUT2D eigenvalue weighted by Crippen LogP contribution is 2.40. The number of halogens is 3. The van der Waals surface area contributed by atoms with Gasteiger partial charge < -0.3 is 15.1 Å². The average Bonchev–Trinajstić information content (AvgIpc) is 3.45. The van der Waals surface area contributed by atoms with E-state index in [2.05, 4.69) is 10.3 Å². The van der Waals surface area contributed by atoms with E-state index >= 15 is 0 Å². The highest BCUT2D eigenvalue weighted by molar-refractivity contribution is 7.11. The number of thiazole rings is 1. The fourth-order valence-electron chi connectivity index (χ4n) is 5.04. The molecule has 1 saturated heterocycles. The first-order valence-corrected chi connectivity index (χ1v) is 12.6. The number of rotatable bonds is 6. The van der Waals surface area contributed by atoms with Gasteiger partial charge in [0.05, 0.1) is 4.88 Å². The molecule has 1 aromatic heterocycles. The third-order valence-electron chi connectivity index (χ3n) is 6.69. The van der Waals surface area contributed by atoms with Gasteiger partial charge >= 0.3 is 6.18 Å². The minimum atomic E-state index is -4.69. The Hall–Kier alpha value is -2.95. The Bertz CT molecular complexity index is 1140. The van der Waals surface area contributed by atoms with Crippen LogP contribution in [0.3, 0.4) is 0 Å². The molecule has 3 atom stereocenters. The standard InChI is InChI=1S/C25H29F3N4O3S/c1-13(2)9-17-21(33)30-19(16-10-14-7-5-6-8-15(14)11-16)22(34)32(17)20(23(35)31(3)4)18-12-29-24(36-18)25(26,27)28/h5-8,12-13,16-17,19-20H,9-11H2,1-4H3,(H,30,33)/t17-,19?,20?/m1/s1. The molecule has 3 amide bonds. The van der Waals surface area contributed by atoms with Gasteiger partial charge in [-0.1, -0.05) is 38.1 Å².